The summed E-state index contributed by atoms with van der Waals surface area (Å²) < 4.78 is 10.9. The molecule has 4 heterocycles. The van der Waals surface area contributed by atoms with Gasteiger partial charge in [0.1, 0.15) is 11.8 Å². The molecule has 1 fully saturated rings. The van der Waals surface area contributed by atoms with E-state index in [0.717, 1.165) is 0 Å². The van der Waals surface area contributed by atoms with Gasteiger partial charge in [0, 0.05) is 49.5 Å². The molecule has 0 saturated carbocycles. The minimum Gasteiger partial charge on any atom is -0.491 e. The summed E-state index contributed by atoms with van der Waals surface area (Å²) in [5.74, 6) is 2.70. The highest BCUT2D eigenvalue weighted by Crippen LogP contribution is 2.38. The van der Waals surface area contributed by atoms with Crippen LogP contribution < -0.4 is 10.1 Å². The Morgan fingerprint density at radius 1 is 1.28 bits per heavy atom. The van der Waals surface area contributed by atoms with Crippen LogP contribution in [0.5, 0.6) is 5.75 Å². The monoisotopic (exact) mass is 490 g/mol. The maximum absolute atomic E-state index is 13.6. The lowest BCUT2D eigenvalue weighted by Crippen LogP contribution is -2.53. The fraction of sp³-hybridized carbons (Fsp3) is 0.462. The van der Waals surface area contributed by atoms with Crippen LogP contribution in [0.4, 0.5) is 0 Å². The number of rotatable bonds is 13. The molecule has 188 valence electrons. The van der Waals surface area contributed by atoms with Gasteiger partial charge in [-0.2, -0.15) is 10.2 Å². The number of aromatic nitrogens is 2. The van der Waals surface area contributed by atoms with Crippen LogP contribution >= 0.6 is 0 Å². The topological polar surface area (TPSA) is 118 Å². The van der Waals surface area contributed by atoms with Crippen molar-refractivity contribution in [1.82, 2.24) is 20.2 Å². The highest BCUT2D eigenvalue weighted by Gasteiger charge is 2.42. The molecule has 2 aliphatic rings. The Balaban J connectivity index is 1.55. The van der Waals surface area contributed by atoms with E-state index in [2.05, 4.69) is 31.4 Å². The van der Waals surface area contributed by atoms with Crippen molar-refractivity contribution >= 4 is 11.8 Å². The molecule has 2 amide bonds. The van der Waals surface area contributed by atoms with E-state index in [1.807, 2.05) is 13.0 Å². The summed E-state index contributed by atoms with van der Waals surface area (Å²) in [5, 5.41) is 11.4. The molecule has 0 aliphatic carbocycles. The Bertz CT molecular complexity index is 1120. The van der Waals surface area contributed by atoms with Crippen molar-refractivity contribution in [3.8, 4) is 18.1 Å². The van der Waals surface area contributed by atoms with Gasteiger partial charge in [0.05, 0.1) is 38.5 Å². The van der Waals surface area contributed by atoms with Crippen molar-refractivity contribution in [2.24, 2.45) is 10.2 Å². The quantitative estimate of drug-likeness (QED) is 0.431. The van der Waals surface area contributed by atoms with Crippen molar-refractivity contribution in [3.63, 3.8) is 0 Å². The molecular weight excluding hydrogens is 460 g/mol. The lowest BCUT2D eigenvalue weighted by molar-refractivity contribution is -0.143. The number of hydrogen-bond acceptors (Lipinski definition) is 8. The number of nitrogens with zero attached hydrogens (tertiary/aromatic N) is 5. The maximum atomic E-state index is 13.6. The lowest BCUT2D eigenvalue weighted by atomic mass is 9.99. The zero-order valence-electron chi connectivity index (χ0n) is 20.3. The first-order valence-corrected chi connectivity index (χ1v) is 12.0. The molecule has 0 radical (unpaired) electrons. The van der Waals surface area contributed by atoms with Crippen molar-refractivity contribution in [2.75, 3.05) is 26.4 Å². The van der Waals surface area contributed by atoms with E-state index in [4.69, 9.17) is 15.9 Å². The molecule has 1 atom stereocenters. The highest BCUT2D eigenvalue weighted by molar-refractivity contribution is 5.89. The number of nitrogens with one attached hydrogen (secondary N) is 1. The molecule has 4 rings (SSSR count). The first-order valence-electron chi connectivity index (χ1n) is 12.0. The maximum Gasteiger partial charge on any atom is 0.247 e. The molecule has 0 bridgehead atoms. The van der Waals surface area contributed by atoms with Crippen LogP contribution in [0, 0.1) is 19.3 Å². The minimum absolute atomic E-state index is 0.0795. The Labute approximate surface area is 210 Å². The van der Waals surface area contributed by atoms with Crippen LogP contribution in [0.2, 0.25) is 0 Å². The summed E-state index contributed by atoms with van der Waals surface area (Å²) in [4.78, 5) is 37.1. The standard InChI is InChI=1S/C26H30N6O4/c1-3-4-10-26(30-31-26)11-14-32(23(33)9-15-36-21-7-5-12-27-16-21)24(22-8-6-13-28-19(22)2)25(34)29-20-17-35-18-20/h1,5-8,12-13,16,20,24H,4,9-11,14-15,17-18H2,2H3,(H,29,34). The van der Waals surface area contributed by atoms with Crippen LogP contribution in [0.25, 0.3) is 0 Å². The zero-order valence-corrected chi connectivity index (χ0v) is 20.3. The second-order valence-electron chi connectivity index (χ2n) is 8.83. The molecule has 0 spiro atoms. The third-order valence-corrected chi connectivity index (χ3v) is 6.23. The van der Waals surface area contributed by atoms with E-state index in [9.17, 15) is 9.59 Å². The van der Waals surface area contributed by atoms with Crippen LogP contribution in [-0.4, -0.2) is 64.8 Å². The Morgan fingerprint density at radius 2 is 2.08 bits per heavy atom. The van der Waals surface area contributed by atoms with Crippen molar-refractivity contribution in [1.29, 1.82) is 0 Å². The number of ether oxygens (including phenoxy) is 2. The summed E-state index contributed by atoms with van der Waals surface area (Å²) >= 11 is 0. The van der Waals surface area contributed by atoms with E-state index in [-0.39, 0.29) is 37.4 Å². The van der Waals surface area contributed by atoms with Gasteiger partial charge in [-0.25, -0.2) is 0 Å². The predicted molar refractivity (Wildman–Crippen MR) is 131 cm³/mol. The van der Waals surface area contributed by atoms with Crippen molar-refractivity contribution in [2.45, 2.75) is 50.4 Å². The van der Waals surface area contributed by atoms with Crippen molar-refractivity contribution in [3.05, 3.63) is 54.1 Å². The largest absolute Gasteiger partial charge is 0.491 e. The third-order valence-electron chi connectivity index (χ3n) is 6.23. The van der Waals surface area contributed by atoms with E-state index in [1.165, 1.54) is 0 Å². The number of pyridine rings is 2. The second kappa shape index (κ2) is 11.7. The predicted octanol–water partition coefficient (Wildman–Crippen LogP) is 2.60. The van der Waals surface area contributed by atoms with Crippen LogP contribution in [-0.2, 0) is 14.3 Å². The van der Waals surface area contributed by atoms with Gasteiger partial charge in [-0.05, 0) is 25.1 Å². The van der Waals surface area contributed by atoms with E-state index in [1.54, 1.807) is 41.7 Å². The average molecular weight is 491 g/mol. The first kappa shape index (κ1) is 25.3. The fourth-order valence-electron chi connectivity index (χ4n) is 4.03. The van der Waals surface area contributed by atoms with Gasteiger partial charge in [0.15, 0.2) is 5.66 Å². The molecule has 2 aromatic rings. The van der Waals surface area contributed by atoms with Gasteiger partial charge < -0.3 is 19.7 Å². The molecule has 2 aliphatic heterocycles. The molecule has 1 unspecified atom stereocenters. The lowest BCUT2D eigenvalue weighted by Gasteiger charge is -2.35. The molecule has 10 heteroatoms. The Hall–Kier alpha value is -3.84. The normalized spacial score (nSPS) is 16.3. The number of aryl methyl sites for hydroxylation is 1. The van der Waals surface area contributed by atoms with Crippen molar-refractivity contribution < 1.29 is 19.1 Å². The van der Waals surface area contributed by atoms with Gasteiger partial charge in [-0.15, -0.1) is 12.3 Å². The number of terminal acetylenes is 1. The first-order chi connectivity index (χ1) is 17.5. The Morgan fingerprint density at radius 3 is 2.72 bits per heavy atom. The summed E-state index contributed by atoms with van der Waals surface area (Å²) in [6.07, 6.45) is 12.0. The number of carbonyl (C=O) groups is 2. The van der Waals surface area contributed by atoms with Gasteiger partial charge >= 0.3 is 0 Å². The van der Waals surface area contributed by atoms with Crippen LogP contribution in [0.1, 0.15) is 43.0 Å². The van der Waals surface area contributed by atoms with Gasteiger partial charge in [-0.3, -0.25) is 19.6 Å². The molecule has 2 aromatic heterocycles. The van der Waals surface area contributed by atoms with Gasteiger partial charge in [-0.1, -0.05) is 6.07 Å². The number of hydrogen-bond donors (Lipinski definition) is 1. The summed E-state index contributed by atoms with van der Waals surface area (Å²) in [7, 11) is 0. The zero-order chi connectivity index (χ0) is 25.4. The van der Waals surface area contributed by atoms with Gasteiger partial charge in [0.2, 0.25) is 11.8 Å². The SMILES string of the molecule is C#CCCC1(CCN(C(=O)CCOc2cccnc2)C(C(=O)NC2COC2)c2cccnc2C)N=N1. The molecule has 1 saturated heterocycles. The smallest absolute Gasteiger partial charge is 0.247 e. The van der Waals surface area contributed by atoms with Crippen LogP contribution in [0.3, 0.4) is 0 Å². The van der Waals surface area contributed by atoms with E-state index < -0.39 is 11.7 Å². The molecule has 10 nitrogen and oxygen atoms in total. The highest BCUT2D eigenvalue weighted by atomic mass is 16.5. The van der Waals surface area contributed by atoms with Gasteiger partial charge in [0.25, 0.3) is 0 Å². The van der Waals surface area contributed by atoms with Crippen LogP contribution in [0.15, 0.2) is 53.1 Å². The second-order valence-corrected chi connectivity index (χ2v) is 8.83. The van der Waals surface area contributed by atoms with E-state index in [0.29, 0.717) is 49.5 Å². The summed E-state index contributed by atoms with van der Waals surface area (Å²) in [6.45, 7) is 3.15. The summed E-state index contributed by atoms with van der Waals surface area (Å²) in [6, 6.07) is 6.18. The number of amides is 2. The number of carbonyl (C=O) groups excluding carboxylic acids is 2. The third kappa shape index (κ3) is 6.43. The summed E-state index contributed by atoms with van der Waals surface area (Å²) in [5.41, 5.74) is 0.748. The van der Waals surface area contributed by atoms with E-state index >= 15 is 0 Å². The molecule has 1 N–H and O–H groups in total. The fourth-order valence-corrected chi connectivity index (χ4v) is 4.03. The Kier molecular flexibility index (Phi) is 8.23. The minimum atomic E-state index is -0.867. The molecular formula is C26H30N6O4. The molecule has 36 heavy (non-hydrogen) atoms. The average Bonchev–Trinajstić information content (AvgIpc) is 3.64. The molecule has 0 aromatic carbocycles.